The molecule has 2 rings (SSSR count). The number of hydrogen-bond donors (Lipinski definition) is 1. The van der Waals surface area contributed by atoms with Crippen LogP contribution in [0.4, 0.5) is 8.78 Å². The molecule has 1 aromatic heterocycles. The fraction of sp³-hybridized carbons (Fsp3) is 0.182. The van der Waals surface area contributed by atoms with Crippen molar-refractivity contribution in [2.45, 2.75) is 6.92 Å². The lowest BCUT2D eigenvalue weighted by Gasteiger charge is -2.04. The van der Waals surface area contributed by atoms with Gasteiger partial charge in [-0.15, -0.1) is 0 Å². The molecule has 0 fully saturated rings. The second-order valence-corrected chi connectivity index (χ2v) is 4.35. The highest BCUT2D eigenvalue weighted by Gasteiger charge is 2.16. The van der Waals surface area contributed by atoms with Crippen molar-refractivity contribution in [3.05, 3.63) is 29.5 Å². The van der Waals surface area contributed by atoms with E-state index in [1.54, 1.807) is 6.92 Å². The predicted octanol–water partition coefficient (Wildman–Crippen LogP) is 3.11. The number of thiazole rings is 1. The van der Waals surface area contributed by atoms with Crippen molar-refractivity contribution in [3.8, 4) is 21.4 Å². The Labute approximate surface area is 100 Å². The number of ether oxygens (including phenoxy) is 1. The summed E-state index contributed by atoms with van der Waals surface area (Å²) in [7, 11) is 1.26. The summed E-state index contributed by atoms with van der Waals surface area (Å²) in [6.07, 6.45) is 0. The van der Waals surface area contributed by atoms with Crippen molar-refractivity contribution in [1.29, 1.82) is 0 Å². The van der Waals surface area contributed by atoms with Gasteiger partial charge in [0.25, 0.3) is 0 Å². The number of rotatable bonds is 2. The van der Waals surface area contributed by atoms with E-state index in [9.17, 15) is 13.9 Å². The Morgan fingerprint density at radius 3 is 2.53 bits per heavy atom. The van der Waals surface area contributed by atoms with Crippen molar-refractivity contribution in [2.75, 3.05) is 7.11 Å². The van der Waals surface area contributed by atoms with Gasteiger partial charge in [0.05, 0.1) is 12.8 Å². The number of hydrogen-bond acceptors (Lipinski definition) is 4. The number of nitrogens with zero attached hydrogens (tertiary/aromatic N) is 1. The molecule has 17 heavy (non-hydrogen) atoms. The summed E-state index contributed by atoms with van der Waals surface area (Å²) < 4.78 is 31.8. The van der Waals surface area contributed by atoms with E-state index in [0.717, 1.165) is 23.5 Å². The summed E-state index contributed by atoms with van der Waals surface area (Å²) in [6.45, 7) is 1.59. The Kier molecular flexibility index (Phi) is 2.97. The molecule has 1 heterocycles. The fourth-order valence-electron chi connectivity index (χ4n) is 1.35. The molecule has 0 amide bonds. The average molecular weight is 257 g/mol. The third kappa shape index (κ3) is 2.08. The van der Waals surface area contributed by atoms with E-state index in [2.05, 4.69) is 9.72 Å². The van der Waals surface area contributed by atoms with Crippen LogP contribution < -0.4 is 4.74 Å². The molecule has 90 valence electrons. The molecular formula is C11H9F2NO2S. The maximum absolute atomic E-state index is 13.7. The van der Waals surface area contributed by atoms with Crippen LogP contribution in [0.25, 0.3) is 10.6 Å². The van der Waals surface area contributed by atoms with E-state index < -0.39 is 11.6 Å². The van der Waals surface area contributed by atoms with Crippen molar-refractivity contribution in [2.24, 2.45) is 0 Å². The van der Waals surface area contributed by atoms with Crippen LogP contribution in [0.2, 0.25) is 0 Å². The van der Waals surface area contributed by atoms with Crippen LogP contribution in [0.3, 0.4) is 0 Å². The Balaban J connectivity index is 2.56. The Bertz CT molecular complexity index is 549. The van der Waals surface area contributed by atoms with Crippen molar-refractivity contribution >= 4 is 11.3 Å². The average Bonchev–Trinajstić information content (AvgIpc) is 2.61. The number of benzene rings is 1. The van der Waals surface area contributed by atoms with E-state index >= 15 is 0 Å². The first kappa shape index (κ1) is 11.8. The third-order valence-electron chi connectivity index (χ3n) is 2.24. The maximum Gasteiger partial charge on any atom is 0.195 e. The van der Waals surface area contributed by atoms with Gasteiger partial charge in [0.2, 0.25) is 0 Å². The molecule has 0 unspecified atom stereocenters. The van der Waals surface area contributed by atoms with Gasteiger partial charge in [-0.05, 0) is 13.0 Å². The third-order valence-corrected chi connectivity index (χ3v) is 3.24. The number of methoxy groups -OCH3 is 1. The maximum atomic E-state index is 13.7. The van der Waals surface area contributed by atoms with Crippen LogP contribution in [0.15, 0.2) is 12.1 Å². The number of aromatic hydroxyl groups is 1. The van der Waals surface area contributed by atoms with E-state index in [4.69, 9.17) is 0 Å². The van der Waals surface area contributed by atoms with Gasteiger partial charge < -0.3 is 9.84 Å². The molecule has 0 radical (unpaired) electrons. The highest BCUT2D eigenvalue weighted by atomic mass is 32.1. The second-order valence-electron chi connectivity index (χ2n) is 3.38. The van der Waals surface area contributed by atoms with Gasteiger partial charge in [-0.3, -0.25) is 0 Å². The zero-order valence-electron chi connectivity index (χ0n) is 9.12. The van der Waals surface area contributed by atoms with Crippen molar-refractivity contribution in [1.82, 2.24) is 4.98 Å². The lowest BCUT2D eigenvalue weighted by molar-refractivity contribution is 0.383. The Morgan fingerprint density at radius 1 is 1.29 bits per heavy atom. The smallest absolute Gasteiger partial charge is 0.195 e. The van der Waals surface area contributed by atoms with E-state index in [1.807, 2.05) is 0 Å². The minimum absolute atomic E-state index is 0.00405. The van der Waals surface area contributed by atoms with Gasteiger partial charge in [0, 0.05) is 11.6 Å². The molecule has 0 aliphatic rings. The first-order valence-electron chi connectivity index (χ1n) is 4.72. The first-order chi connectivity index (χ1) is 8.02. The van der Waals surface area contributed by atoms with Crippen LogP contribution in [0, 0.1) is 18.6 Å². The largest absolute Gasteiger partial charge is 0.498 e. The minimum atomic E-state index is -0.670. The lowest BCUT2D eigenvalue weighted by atomic mass is 10.2. The molecule has 0 aliphatic carbocycles. The highest BCUT2D eigenvalue weighted by molar-refractivity contribution is 7.16. The molecule has 0 spiro atoms. The predicted molar refractivity (Wildman–Crippen MR) is 60.4 cm³/mol. The van der Waals surface area contributed by atoms with Gasteiger partial charge in [-0.25, -0.2) is 13.8 Å². The molecule has 0 saturated heterocycles. The monoisotopic (exact) mass is 257 g/mol. The van der Waals surface area contributed by atoms with Crippen LogP contribution in [-0.4, -0.2) is 17.2 Å². The lowest BCUT2D eigenvalue weighted by Crippen LogP contribution is -1.92. The molecule has 2 aromatic rings. The van der Waals surface area contributed by atoms with E-state index in [-0.39, 0.29) is 21.4 Å². The summed E-state index contributed by atoms with van der Waals surface area (Å²) in [5.74, 6) is -1.48. The molecule has 0 saturated carbocycles. The Morgan fingerprint density at radius 2 is 2.00 bits per heavy atom. The number of halogens is 2. The van der Waals surface area contributed by atoms with Crippen LogP contribution in [0.5, 0.6) is 10.8 Å². The van der Waals surface area contributed by atoms with Gasteiger partial charge in [-0.2, -0.15) is 0 Å². The van der Waals surface area contributed by atoms with Crippen molar-refractivity contribution in [3.63, 3.8) is 0 Å². The van der Waals surface area contributed by atoms with E-state index in [1.165, 1.54) is 7.11 Å². The van der Waals surface area contributed by atoms with Gasteiger partial charge in [0.15, 0.2) is 16.6 Å². The summed E-state index contributed by atoms with van der Waals surface area (Å²) >= 11 is 0.901. The van der Waals surface area contributed by atoms with Crippen LogP contribution >= 0.6 is 11.3 Å². The zero-order valence-corrected chi connectivity index (χ0v) is 9.94. The molecule has 0 aliphatic heterocycles. The molecular weight excluding hydrogens is 248 g/mol. The summed E-state index contributed by atoms with van der Waals surface area (Å²) in [5, 5.41) is 9.61. The zero-order chi connectivity index (χ0) is 12.6. The first-order valence-corrected chi connectivity index (χ1v) is 5.54. The van der Waals surface area contributed by atoms with Gasteiger partial charge in [-0.1, -0.05) is 11.3 Å². The topological polar surface area (TPSA) is 42.4 Å². The molecule has 0 atom stereocenters. The molecule has 1 aromatic carbocycles. The van der Waals surface area contributed by atoms with Crippen molar-refractivity contribution < 1.29 is 18.6 Å². The van der Waals surface area contributed by atoms with Gasteiger partial charge >= 0.3 is 0 Å². The molecule has 3 nitrogen and oxygen atoms in total. The van der Waals surface area contributed by atoms with Crippen LogP contribution in [0.1, 0.15) is 5.69 Å². The molecule has 1 N–H and O–H groups in total. The standard InChI is InChI=1S/C11H9F2NO2S/c1-5-11(15)17-10(14-5)6-3-8(13)9(16-2)4-7(6)12/h3-4,15H,1-2H3. The van der Waals surface area contributed by atoms with Crippen LogP contribution in [-0.2, 0) is 0 Å². The SMILES string of the molecule is COc1cc(F)c(-c2nc(C)c(O)s2)cc1F. The summed E-state index contributed by atoms with van der Waals surface area (Å²) in [6, 6.07) is 1.96. The highest BCUT2D eigenvalue weighted by Crippen LogP contribution is 2.35. The van der Waals surface area contributed by atoms with E-state index in [0.29, 0.717) is 5.69 Å². The number of aryl methyl sites for hydroxylation is 1. The normalized spacial score (nSPS) is 10.6. The second kappa shape index (κ2) is 4.29. The fourth-order valence-corrected chi connectivity index (χ4v) is 2.18. The number of aromatic nitrogens is 1. The quantitative estimate of drug-likeness (QED) is 0.898. The Hall–Kier alpha value is -1.69. The minimum Gasteiger partial charge on any atom is -0.498 e. The molecule has 0 bridgehead atoms. The summed E-state index contributed by atoms with van der Waals surface area (Å²) in [5.41, 5.74) is 0.400. The molecule has 6 heteroatoms. The van der Waals surface area contributed by atoms with Gasteiger partial charge in [0.1, 0.15) is 10.8 Å². The summed E-state index contributed by atoms with van der Waals surface area (Å²) in [4.78, 5) is 3.96.